The normalized spacial score (nSPS) is 24.8. The lowest BCUT2D eigenvalue weighted by atomic mass is 9.95. The van der Waals surface area contributed by atoms with Crippen LogP contribution in [0, 0.1) is 0 Å². The number of sulfonamides is 1. The molecule has 1 amide bonds. The quantitative estimate of drug-likeness (QED) is 0.878. The number of hydrogen-bond acceptors (Lipinski definition) is 4. The van der Waals surface area contributed by atoms with Crippen molar-refractivity contribution in [2.75, 3.05) is 25.9 Å². The number of carbonyl (C=O) groups is 1. The summed E-state index contributed by atoms with van der Waals surface area (Å²) in [6, 6.07) is -0.504. The standard InChI is InChI=1S/C14H22N4O3S/c1-22(20,21)18-8-2-3-12(18)14(19)17-9-4-11(5-10-17)13-15-6-7-16-13/h6-7,11-12H,2-5,8-10H2,1H3,(H,15,16)/t12-/m0/s1. The van der Waals surface area contributed by atoms with Crippen molar-refractivity contribution >= 4 is 15.9 Å². The van der Waals surface area contributed by atoms with E-state index in [4.69, 9.17) is 0 Å². The fourth-order valence-electron chi connectivity index (χ4n) is 3.47. The molecule has 122 valence electrons. The zero-order valence-corrected chi connectivity index (χ0v) is 13.6. The first-order chi connectivity index (χ1) is 10.5. The zero-order valence-electron chi connectivity index (χ0n) is 12.7. The van der Waals surface area contributed by atoms with Gasteiger partial charge in [0, 0.05) is 37.9 Å². The van der Waals surface area contributed by atoms with Crippen LogP contribution in [0.25, 0.3) is 0 Å². The third-order valence-electron chi connectivity index (χ3n) is 4.63. The van der Waals surface area contributed by atoms with Crippen LogP contribution in [-0.4, -0.2) is 65.4 Å². The second-order valence-electron chi connectivity index (χ2n) is 6.11. The number of piperidine rings is 1. The molecule has 1 atom stereocenters. The van der Waals surface area contributed by atoms with Gasteiger partial charge >= 0.3 is 0 Å². The van der Waals surface area contributed by atoms with Crippen LogP contribution in [0.1, 0.15) is 37.4 Å². The minimum Gasteiger partial charge on any atom is -0.348 e. The second-order valence-corrected chi connectivity index (χ2v) is 8.04. The van der Waals surface area contributed by atoms with E-state index in [1.54, 1.807) is 6.20 Å². The lowest BCUT2D eigenvalue weighted by Crippen LogP contribution is -2.49. The zero-order chi connectivity index (χ0) is 15.7. The van der Waals surface area contributed by atoms with E-state index in [9.17, 15) is 13.2 Å². The highest BCUT2D eigenvalue weighted by Gasteiger charge is 2.39. The minimum absolute atomic E-state index is 0.0409. The minimum atomic E-state index is -3.31. The van der Waals surface area contributed by atoms with E-state index in [1.807, 2.05) is 11.1 Å². The van der Waals surface area contributed by atoms with E-state index in [0.29, 0.717) is 32.0 Å². The van der Waals surface area contributed by atoms with E-state index in [2.05, 4.69) is 9.97 Å². The van der Waals surface area contributed by atoms with Crippen LogP contribution >= 0.6 is 0 Å². The van der Waals surface area contributed by atoms with E-state index < -0.39 is 16.1 Å². The first-order valence-electron chi connectivity index (χ1n) is 7.71. The molecule has 0 radical (unpaired) electrons. The molecule has 1 aromatic heterocycles. The molecule has 1 aromatic rings. The molecular formula is C14H22N4O3S. The van der Waals surface area contributed by atoms with Gasteiger partial charge in [-0.3, -0.25) is 4.79 Å². The summed E-state index contributed by atoms with van der Waals surface area (Å²) < 4.78 is 24.9. The summed E-state index contributed by atoms with van der Waals surface area (Å²) in [7, 11) is -3.31. The van der Waals surface area contributed by atoms with Crippen LogP contribution in [0.5, 0.6) is 0 Å². The van der Waals surface area contributed by atoms with Gasteiger partial charge in [-0.15, -0.1) is 0 Å². The van der Waals surface area contributed by atoms with Gasteiger partial charge in [-0.05, 0) is 25.7 Å². The Labute approximate surface area is 130 Å². The largest absolute Gasteiger partial charge is 0.348 e. The van der Waals surface area contributed by atoms with Crippen molar-refractivity contribution in [3.05, 3.63) is 18.2 Å². The molecule has 0 aliphatic carbocycles. The summed E-state index contributed by atoms with van der Waals surface area (Å²) in [6.45, 7) is 1.79. The number of rotatable bonds is 3. The smallest absolute Gasteiger partial charge is 0.241 e. The topological polar surface area (TPSA) is 86.4 Å². The van der Waals surface area contributed by atoms with Gasteiger partial charge in [-0.2, -0.15) is 4.31 Å². The van der Waals surface area contributed by atoms with Gasteiger partial charge in [-0.25, -0.2) is 13.4 Å². The maximum atomic E-state index is 12.6. The summed E-state index contributed by atoms with van der Waals surface area (Å²) in [6.07, 6.45) is 7.86. The molecule has 0 bridgehead atoms. The summed E-state index contributed by atoms with van der Waals surface area (Å²) in [5.41, 5.74) is 0. The van der Waals surface area contributed by atoms with Gasteiger partial charge in [0.05, 0.1) is 6.26 Å². The first kappa shape index (κ1) is 15.5. The van der Waals surface area contributed by atoms with Gasteiger partial charge in [-0.1, -0.05) is 0 Å². The number of H-pyrrole nitrogens is 1. The highest BCUT2D eigenvalue weighted by molar-refractivity contribution is 7.88. The predicted octanol–water partition coefficient (Wildman–Crippen LogP) is 0.540. The molecule has 0 unspecified atom stereocenters. The van der Waals surface area contributed by atoms with Crippen molar-refractivity contribution < 1.29 is 13.2 Å². The van der Waals surface area contributed by atoms with Crippen molar-refractivity contribution in [2.24, 2.45) is 0 Å². The summed E-state index contributed by atoms with van der Waals surface area (Å²) >= 11 is 0. The van der Waals surface area contributed by atoms with Gasteiger partial charge in [0.25, 0.3) is 0 Å². The number of aromatic amines is 1. The Morgan fingerprint density at radius 1 is 1.27 bits per heavy atom. The van der Waals surface area contributed by atoms with Crippen LogP contribution in [0.3, 0.4) is 0 Å². The van der Waals surface area contributed by atoms with Crippen molar-refractivity contribution in [3.63, 3.8) is 0 Å². The summed E-state index contributed by atoms with van der Waals surface area (Å²) in [5.74, 6) is 1.29. The highest BCUT2D eigenvalue weighted by Crippen LogP contribution is 2.28. The van der Waals surface area contributed by atoms with E-state index in [-0.39, 0.29) is 5.91 Å². The lowest BCUT2D eigenvalue weighted by molar-refractivity contribution is -0.135. The maximum absolute atomic E-state index is 12.6. The molecule has 8 heteroatoms. The fraction of sp³-hybridized carbons (Fsp3) is 0.714. The van der Waals surface area contributed by atoms with Crippen LogP contribution in [0.15, 0.2) is 12.4 Å². The molecule has 2 aliphatic heterocycles. The van der Waals surface area contributed by atoms with E-state index in [0.717, 1.165) is 25.1 Å². The Morgan fingerprint density at radius 2 is 2.00 bits per heavy atom. The Kier molecular flexibility index (Phi) is 4.22. The van der Waals surface area contributed by atoms with Gasteiger partial charge in [0.2, 0.25) is 15.9 Å². The molecule has 0 spiro atoms. The number of aromatic nitrogens is 2. The molecule has 0 saturated carbocycles. The Balaban J connectivity index is 1.62. The highest BCUT2D eigenvalue weighted by atomic mass is 32.2. The third-order valence-corrected chi connectivity index (χ3v) is 5.92. The first-order valence-corrected chi connectivity index (χ1v) is 9.56. The molecule has 2 fully saturated rings. The summed E-state index contributed by atoms with van der Waals surface area (Å²) in [5, 5.41) is 0. The number of hydrogen-bond donors (Lipinski definition) is 1. The Bertz CT molecular complexity index is 621. The van der Waals surface area contributed by atoms with Gasteiger partial charge in [0.15, 0.2) is 0 Å². The summed E-state index contributed by atoms with van der Waals surface area (Å²) in [4.78, 5) is 21.9. The number of imidazole rings is 1. The van der Waals surface area contributed by atoms with Crippen LogP contribution in [0.2, 0.25) is 0 Å². The van der Waals surface area contributed by atoms with Crippen molar-refractivity contribution in [2.45, 2.75) is 37.6 Å². The average Bonchev–Trinajstić information content (AvgIpc) is 3.17. The number of amides is 1. The number of nitrogens with one attached hydrogen (secondary N) is 1. The van der Waals surface area contributed by atoms with Crippen molar-refractivity contribution in [3.8, 4) is 0 Å². The molecular weight excluding hydrogens is 304 g/mol. The molecule has 3 rings (SSSR count). The second kappa shape index (κ2) is 6.00. The lowest BCUT2D eigenvalue weighted by Gasteiger charge is -2.34. The molecule has 7 nitrogen and oxygen atoms in total. The third kappa shape index (κ3) is 3.03. The SMILES string of the molecule is CS(=O)(=O)N1CCC[C@H]1C(=O)N1CCC(c2ncc[nH]2)CC1. The molecule has 0 aromatic carbocycles. The predicted molar refractivity (Wildman–Crippen MR) is 81.7 cm³/mol. The maximum Gasteiger partial charge on any atom is 0.241 e. The number of nitrogens with zero attached hydrogens (tertiary/aromatic N) is 3. The monoisotopic (exact) mass is 326 g/mol. The average molecular weight is 326 g/mol. The number of likely N-dealkylation sites (tertiary alicyclic amines) is 1. The van der Waals surface area contributed by atoms with E-state index in [1.165, 1.54) is 10.6 Å². The van der Waals surface area contributed by atoms with Crippen LogP contribution in [-0.2, 0) is 14.8 Å². The molecule has 2 saturated heterocycles. The van der Waals surface area contributed by atoms with Gasteiger partial charge in [0.1, 0.15) is 11.9 Å². The van der Waals surface area contributed by atoms with Crippen LogP contribution in [0.4, 0.5) is 0 Å². The van der Waals surface area contributed by atoms with Crippen LogP contribution < -0.4 is 0 Å². The molecule has 1 N–H and O–H groups in total. The van der Waals surface area contributed by atoms with Crippen molar-refractivity contribution in [1.82, 2.24) is 19.2 Å². The Hall–Kier alpha value is -1.41. The van der Waals surface area contributed by atoms with Gasteiger partial charge < -0.3 is 9.88 Å². The number of carbonyl (C=O) groups excluding carboxylic acids is 1. The Morgan fingerprint density at radius 3 is 2.59 bits per heavy atom. The van der Waals surface area contributed by atoms with Crippen molar-refractivity contribution in [1.29, 1.82) is 0 Å². The molecule has 2 aliphatic rings. The fourth-order valence-corrected chi connectivity index (χ4v) is 4.59. The molecule has 3 heterocycles. The van der Waals surface area contributed by atoms with E-state index >= 15 is 0 Å². The molecule has 22 heavy (non-hydrogen) atoms.